The molecular formula is C14H27N3OS. The van der Waals surface area contributed by atoms with Crippen LogP contribution < -0.4 is 5.73 Å². The van der Waals surface area contributed by atoms with Gasteiger partial charge in [-0.05, 0) is 20.3 Å². The van der Waals surface area contributed by atoms with Crippen LogP contribution in [0.4, 0.5) is 0 Å². The van der Waals surface area contributed by atoms with Crippen LogP contribution in [-0.2, 0) is 4.79 Å². The van der Waals surface area contributed by atoms with Crippen LogP contribution in [0.25, 0.3) is 0 Å². The van der Waals surface area contributed by atoms with Crippen LogP contribution in [0.15, 0.2) is 0 Å². The van der Waals surface area contributed by atoms with E-state index in [2.05, 4.69) is 11.8 Å². The first-order chi connectivity index (χ1) is 8.80. The van der Waals surface area contributed by atoms with Gasteiger partial charge >= 0.3 is 0 Å². The average Bonchev–Trinajstić information content (AvgIpc) is 2.38. The zero-order valence-corrected chi connectivity index (χ0v) is 13.4. The molecule has 19 heavy (non-hydrogen) atoms. The molecule has 5 heteroatoms. The normalized spacial score (nSPS) is 19.3. The van der Waals surface area contributed by atoms with Crippen molar-refractivity contribution in [2.24, 2.45) is 11.7 Å². The number of thiocarbonyl (C=S) groups is 1. The van der Waals surface area contributed by atoms with Crippen LogP contribution in [0.2, 0.25) is 0 Å². The van der Waals surface area contributed by atoms with E-state index in [1.807, 2.05) is 25.7 Å². The summed E-state index contributed by atoms with van der Waals surface area (Å²) in [6.45, 7) is 11.5. The summed E-state index contributed by atoms with van der Waals surface area (Å²) < 4.78 is 0. The molecule has 0 aromatic heterocycles. The summed E-state index contributed by atoms with van der Waals surface area (Å²) in [7, 11) is 0. The molecule has 1 aliphatic heterocycles. The number of rotatable bonds is 5. The Morgan fingerprint density at radius 1 is 1.32 bits per heavy atom. The zero-order chi connectivity index (χ0) is 14.6. The van der Waals surface area contributed by atoms with Crippen LogP contribution in [0, 0.1) is 5.92 Å². The number of amides is 1. The van der Waals surface area contributed by atoms with Crippen molar-refractivity contribution in [3.63, 3.8) is 0 Å². The summed E-state index contributed by atoms with van der Waals surface area (Å²) in [6, 6.07) is 0. The molecule has 0 bridgehead atoms. The lowest BCUT2D eigenvalue weighted by atomic mass is 10.0. The lowest BCUT2D eigenvalue weighted by Gasteiger charge is -2.43. The minimum absolute atomic E-state index is 0.139. The van der Waals surface area contributed by atoms with Crippen molar-refractivity contribution in [2.75, 3.05) is 26.2 Å². The summed E-state index contributed by atoms with van der Waals surface area (Å²) in [6.07, 6.45) is 2.03. The molecule has 0 spiro atoms. The molecule has 1 atom stereocenters. The van der Waals surface area contributed by atoms with Gasteiger partial charge in [-0.1, -0.05) is 32.5 Å². The molecule has 0 aromatic rings. The largest absolute Gasteiger partial charge is 0.392 e. The highest BCUT2D eigenvalue weighted by atomic mass is 32.1. The van der Waals surface area contributed by atoms with E-state index in [0.717, 1.165) is 39.0 Å². The predicted molar refractivity (Wildman–Crippen MR) is 83.1 cm³/mol. The topological polar surface area (TPSA) is 49.6 Å². The van der Waals surface area contributed by atoms with Crippen molar-refractivity contribution >= 4 is 23.1 Å². The molecule has 110 valence electrons. The SMILES string of the molecule is CCCC(C)C(=O)N1CCN(C(C)(C)C(N)=S)CC1. The third-order valence-corrected chi connectivity index (χ3v) is 4.63. The van der Waals surface area contributed by atoms with E-state index in [1.165, 1.54) is 0 Å². The van der Waals surface area contributed by atoms with Gasteiger partial charge in [0.25, 0.3) is 0 Å². The number of carbonyl (C=O) groups is 1. The first kappa shape index (κ1) is 16.4. The fraction of sp³-hybridized carbons (Fsp3) is 0.857. The van der Waals surface area contributed by atoms with E-state index in [4.69, 9.17) is 18.0 Å². The van der Waals surface area contributed by atoms with Gasteiger partial charge in [-0.3, -0.25) is 9.69 Å². The van der Waals surface area contributed by atoms with Crippen molar-refractivity contribution in [1.29, 1.82) is 0 Å². The zero-order valence-electron chi connectivity index (χ0n) is 12.6. The van der Waals surface area contributed by atoms with E-state index in [0.29, 0.717) is 4.99 Å². The highest BCUT2D eigenvalue weighted by Crippen LogP contribution is 2.19. The van der Waals surface area contributed by atoms with Crippen molar-refractivity contribution < 1.29 is 4.79 Å². The Labute approximate surface area is 122 Å². The van der Waals surface area contributed by atoms with Gasteiger partial charge < -0.3 is 10.6 Å². The van der Waals surface area contributed by atoms with Crippen molar-refractivity contribution in [1.82, 2.24) is 9.80 Å². The maximum absolute atomic E-state index is 12.2. The first-order valence-corrected chi connectivity index (χ1v) is 7.55. The quantitative estimate of drug-likeness (QED) is 0.780. The lowest BCUT2D eigenvalue weighted by molar-refractivity contribution is -0.137. The van der Waals surface area contributed by atoms with Crippen molar-refractivity contribution in [2.45, 2.75) is 46.1 Å². The minimum Gasteiger partial charge on any atom is -0.392 e. The number of nitrogens with zero attached hydrogens (tertiary/aromatic N) is 2. The van der Waals surface area contributed by atoms with Crippen molar-refractivity contribution in [3.05, 3.63) is 0 Å². The molecule has 0 aromatic carbocycles. The molecule has 0 saturated carbocycles. The van der Waals surface area contributed by atoms with Crippen LogP contribution in [-0.4, -0.2) is 52.4 Å². The number of piperazine rings is 1. The number of hydrogen-bond acceptors (Lipinski definition) is 3. The summed E-state index contributed by atoms with van der Waals surface area (Å²) in [5.41, 5.74) is 5.53. The minimum atomic E-state index is -0.264. The molecule has 4 nitrogen and oxygen atoms in total. The van der Waals surface area contributed by atoms with Gasteiger partial charge in [0.05, 0.1) is 10.5 Å². The molecule has 2 N–H and O–H groups in total. The Hall–Kier alpha value is -0.680. The second-order valence-electron chi connectivity index (χ2n) is 5.93. The van der Waals surface area contributed by atoms with E-state index in [9.17, 15) is 4.79 Å². The van der Waals surface area contributed by atoms with Gasteiger partial charge in [0, 0.05) is 32.1 Å². The summed E-state index contributed by atoms with van der Waals surface area (Å²) in [4.78, 5) is 17.0. The number of nitrogens with two attached hydrogens (primary N) is 1. The second kappa shape index (κ2) is 6.66. The highest BCUT2D eigenvalue weighted by molar-refractivity contribution is 7.80. The lowest BCUT2D eigenvalue weighted by Crippen LogP contribution is -2.60. The smallest absolute Gasteiger partial charge is 0.225 e. The molecule has 1 amide bonds. The van der Waals surface area contributed by atoms with Gasteiger partial charge in [-0.25, -0.2) is 0 Å². The molecule has 0 aliphatic carbocycles. The number of hydrogen-bond donors (Lipinski definition) is 1. The Morgan fingerprint density at radius 2 is 1.84 bits per heavy atom. The summed E-state index contributed by atoms with van der Waals surface area (Å²) >= 11 is 5.13. The monoisotopic (exact) mass is 285 g/mol. The molecule has 1 saturated heterocycles. The Balaban J connectivity index is 2.54. The van der Waals surface area contributed by atoms with Crippen LogP contribution in [0.3, 0.4) is 0 Å². The van der Waals surface area contributed by atoms with E-state index < -0.39 is 0 Å². The Bertz CT molecular complexity index is 336. The van der Waals surface area contributed by atoms with E-state index >= 15 is 0 Å². The van der Waals surface area contributed by atoms with E-state index in [-0.39, 0.29) is 17.4 Å². The first-order valence-electron chi connectivity index (χ1n) is 7.14. The average molecular weight is 285 g/mol. The van der Waals surface area contributed by atoms with Crippen LogP contribution in [0.1, 0.15) is 40.5 Å². The molecule has 1 aliphatic rings. The molecular weight excluding hydrogens is 258 g/mol. The fourth-order valence-electron chi connectivity index (χ4n) is 2.51. The molecule has 1 rings (SSSR count). The number of carbonyl (C=O) groups excluding carboxylic acids is 1. The van der Waals surface area contributed by atoms with E-state index in [1.54, 1.807) is 0 Å². The van der Waals surface area contributed by atoms with Gasteiger partial charge in [-0.2, -0.15) is 0 Å². The Kier molecular flexibility index (Phi) is 5.74. The van der Waals surface area contributed by atoms with Gasteiger partial charge in [0.15, 0.2) is 0 Å². The van der Waals surface area contributed by atoms with Crippen molar-refractivity contribution in [3.8, 4) is 0 Å². The Morgan fingerprint density at radius 3 is 2.26 bits per heavy atom. The van der Waals surface area contributed by atoms with Crippen LogP contribution >= 0.6 is 12.2 Å². The molecule has 1 heterocycles. The standard InChI is InChI=1S/C14H27N3OS/c1-5-6-11(2)12(18)16-7-9-17(10-8-16)14(3,4)13(15)19/h11H,5-10H2,1-4H3,(H2,15,19). The third-order valence-electron chi connectivity index (χ3n) is 4.13. The second-order valence-corrected chi connectivity index (χ2v) is 6.37. The summed E-state index contributed by atoms with van der Waals surface area (Å²) in [5, 5.41) is 0. The van der Waals surface area contributed by atoms with Crippen LogP contribution in [0.5, 0.6) is 0 Å². The highest BCUT2D eigenvalue weighted by Gasteiger charge is 2.33. The maximum atomic E-state index is 12.2. The maximum Gasteiger partial charge on any atom is 0.225 e. The summed E-state index contributed by atoms with van der Waals surface area (Å²) in [5.74, 6) is 0.426. The predicted octanol–water partition coefficient (Wildman–Crippen LogP) is 1.63. The molecule has 0 radical (unpaired) electrons. The van der Waals surface area contributed by atoms with Gasteiger partial charge in [0.1, 0.15) is 0 Å². The van der Waals surface area contributed by atoms with Gasteiger partial charge in [0.2, 0.25) is 5.91 Å². The van der Waals surface area contributed by atoms with Gasteiger partial charge in [-0.15, -0.1) is 0 Å². The third kappa shape index (κ3) is 3.89. The molecule has 1 fully saturated rings. The molecule has 1 unspecified atom stereocenters. The fourth-order valence-corrected chi connectivity index (χ4v) is 2.64.